The molecule has 6 heteroatoms. The van der Waals surface area contributed by atoms with Crippen molar-refractivity contribution in [3.63, 3.8) is 0 Å². The van der Waals surface area contributed by atoms with Gasteiger partial charge in [-0.25, -0.2) is 13.1 Å². The second-order valence-electron chi connectivity index (χ2n) is 6.35. The Morgan fingerprint density at radius 3 is 2.60 bits per heavy atom. The molecule has 0 radical (unpaired) electrons. The summed E-state index contributed by atoms with van der Waals surface area (Å²) in [7, 11) is -3.56. The molecule has 0 aliphatic carbocycles. The molecule has 3 rings (SSSR count). The number of rotatable bonds is 5. The molecule has 2 aromatic carbocycles. The van der Waals surface area contributed by atoms with Gasteiger partial charge in [-0.2, -0.15) is 0 Å². The molecule has 2 aromatic rings. The van der Waals surface area contributed by atoms with Crippen LogP contribution in [0.5, 0.6) is 0 Å². The molecule has 2 N–H and O–H groups in total. The van der Waals surface area contributed by atoms with E-state index in [1.165, 1.54) is 5.56 Å². The summed E-state index contributed by atoms with van der Waals surface area (Å²) in [6, 6.07) is 12.9. The summed E-state index contributed by atoms with van der Waals surface area (Å²) in [5, 5.41) is 2.82. The van der Waals surface area contributed by atoms with E-state index >= 15 is 0 Å². The van der Waals surface area contributed by atoms with E-state index in [1.54, 1.807) is 18.2 Å². The number of fused-ring (bicyclic) bond motifs is 1. The molecule has 1 amide bonds. The third kappa shape index (κ3) is 4.46. The highest BCUT2D eigenvalue weighted by Gasteiger charge is 2.18. The highest BCUT2D eigenvalue weighted by atomic mass is 32.2. The first-order valence-corrected chi connectivity index (χ1v) is 9.90. The third-order valence-corrected chi connectivity index (χ3v) is 5.80. The van der Waals surface area contributed by atoms with Crippen LogP contribution in [0.2, 0.25) is 0 Å². The first-order chi connectivity index (χ1) is 11.9. The van der Waals surface area contributed by atoms with Crippen molar-refractivity contribution < 1.29 is 13.2 Å². The molecule has 1 heterocycles. The van der Waals surface area contributed by atoms with Crippen molar-refractivity contribution >= 4 is 21.6 Å². The Balaban J connectivity index is 1.68. The van der Waals surface area contributed by atoms with Gasteiger partial charge in [0.15, 0.2) is 0 Å². The van der Waals surface area contributed by atoms with Crippen molar-refractivity contribution in [3.8, 4) is 0 Å². The van der Waals surface area contributed by atoms with Crippen LogP contribution in [0.3, 0.4) is 0 Å². The zero-order valence-corrected chi connectivity index (χ0v) is 15.0. The van der Waals surface area contributed by atoms with Crippen LogP contribution < -0.4 is 10.0 Å². The van der Waals surface area contributed by atoms with E-state index in [9.17, 15) is 13.2 Å². The van der Waals surface area contributed by atoms with Gasteiger partial charge in [0.25, 0.3) is 0 Å². The SMILES string of the molecule is Cc1ccc(CCNS(=O)(=O)c2ccc3c(c2)CCCC(=O)N3)cc1. The lowest BCUT2D eigenvalue weighted by molar-refractivity contribution is -0.116. The minimum absolute atomic E-state index is 0.0226. The Labute approximate surface area is 148 Å². The maximum absolute atomic E-state index is 12.5. The molecule has 132 valence electrons. The van der Waals surface area contributed by atoms with Crippen molar-refractivity contribution in [3.05, 3.63) is 59.2 Å². The van der Waals surface area contributed by atoms with Crippen LogP contribution in [0.4, 0.5) is 5.69 Å². The van der Waals surface area contributed by atoms with E-state index in [4.69, 9.17) is 0 Å². The molecule has 0 atom stereocenters. The molecule has 5 nitrogen and oxygen atoms in total. The molecule has 1 aliphatic rings. The van der Waals surface area contributed by atoms with E-state index in [2.05, 4.69) is 10.0 Å². The van der Waals surface area contributed by atoms with Crippen molar-refractivity contribution in [2.24, 2.45) is 0 Å². The molecule has 25 heavy (non-hydrogen) atoms. The normalized spacial score (nSPS) is 14.5. The number of nitrogens with one attached hydrogen (secondary N) is 2. The van der Waals surface area contributed by atoms with Gasteiger partial charge < -0.3 is 5.32 Å². The Hall–Kier alpha value is -2.18. The number of carbonyl (C=O) groups excluding carboxylic acids is 1. The Bertz CT molecular complexity index is 874. The number of anilines is 1. The Kier molecular flexibility index (Phi) is 5.20. The fourth-order valence-electron chi connectivity index (χ4n) is 2.89. The molecule has 0 unspecified atom stereocenters. The van der Waals surface area contributed by atoms with Crippen molar-refractivity contribution in [1.29, 1.82) is 0 Å². The number of aryl methyl sites for hydroxylation is 2. The lowest BCUT2D eigenvalue weighted by Gasteiger charge is -2.11. The lowest BCUT2D eigenvalue weighted by atomic mass is 10.1. The minimum atomic E-state index is -3.56. The molecule has 0 aromatic heterocycles. The van der Waals surface area contributed by atoms with E-state index < -0.39 is 10.0 Å². The predicted octanol–water partition coefficient (Wildman–Crippen LogP) is 2.79. The summed E-state index contributed by atoms with van der Waals surface area (Å²) in [6.45, 7) is 2.37. The average molecular weight is 358 g/mol. The Morgan fingerprint density at radius 2 is 1.84 bits per heavy atom. The van der Waals surface area contributed by atoms with Gasteiger partial charge in [0.2, 0.25) is 15.9 Å². The summed E-state index contributed by atoms with van der Waals surface area (Å²) < 4.78 is 27.7. The monoisotopic (exact) mass is 358 g/mol. The van der Waals surface area contributed by atoms with Gasteiger partial charge in [0.1, 0.15) is 0 Å². The summed E-state index contributed by atoms with van der Waals surface area (Å²) in [5.41, 5.74) is 3.85. The van der Waals surface area contributed by atoms with Crippen LogP contribution in [0.25, 0.3) is 0 Å². The number of amides is 1. The van der Waals surface area contributed by atoms with Crippen molar-refractivity contribution in [1.82, 2.24) is 4.72 Å². The van der Waals surface area contributed by atoms with Crippen LogP contribution >= 0.6 is 0 Å². The molecule has 0 bridgehead atoms. The quantitative estimate of drug-likeness (QED) is 0.863. The Morgan fingerprint density at radius 1 is 1.08 bits per heavy atom. The predicted molar refractivity (Wildman–Crippen MR) is 98.1 cm³/mol. The van der Waals surface area contributed by atoms with Gasteiger partial charge in [0, 0.05) is 18.7 Å². The highest BCUT2D eigenvalue weighted by Crippen LogP contribution is 2.25. The first-order valence-electron chi connectivity index (χ1n) is 8.42. The number of hydrogen-bond donors (Lipinski definition) is 2. The van der Waals surface area contributed by atoms with Crippen LogP contribution in [-0.2, 0) is 27.7 Å². The molecule has 0 saturated carbocycles. The van der Waals surface area contributed by atoms with Crippen LogP contribution in [0, 0.1) is 6.92 Å². The van der Waals surface area contributed by atoms with Gasteiger partial charge >= 0.3 is 0 Å². The zero-order valence-electron chi connectivity index (χ0n) is 14.2. The van der Waals surface area contributed by atoms with Crippen LogP contribution in [0.1, 0.15) is 29.5 Å². The zero-order chi connectivity index (χ0) is 17.9. The van der Waals surface area contributed by atoms with Gasteiger partial charge in [-0.05, 0) is 55.5 Å². The fourth-order valence-corrected chi connectivity index (χ4v) is 3.97. The summed E-state index contributed by atoms with van der Waals surface area (Å²) in [4.78, 5) is 11.8. The average Bonchev–Trinajstić information content (AvgIpc) is 2.76. The molecule has 0 saturated heterocycles. The molecule has 1 aliphatic heterocycles. The summed E-state index contributed by atoms with van der Waals surface area (Å²) in [6.07, 6.45) is 2.52. The van der Waals surface area contributed by atoms with E-state index in [1.807, 2.05) is 31.2 Å². The molecular weight excluding hydrogens is 336 g/mol. The molecule has 0 spiro atoms. The largest absolute Gasteiger partial charge is 0.326 e. The third-order valence-electron chi connectivity index (χ3n) is 4.34. The van der Waals surface area contributed by atoms with E-state index in [0.717, 1.165) is 17.5 Å². The molecule has 0 fully saturated rings. The minimum Gasteiger partial charge on any atom is -0.326 e. The number of carbonyl (C=O) groups is 1. The fraction of sp³-hybridized carbons (Fsp3) is 0.316. The first kappa shape index (κ1) is 17.6. The standard InChI is InChI=1S/C19H22N2O3S/c1-14-5-7-15(8-6-14)11-12-20-25(23,24)17-9-10-18-16(13-17)3-2-4-19(22)21-18/h5-10,13,20H,2-4,11-12H2,1H3,(H,21,22). The molecular formula is C19H22N2O3S. The van der Waals surface area contributed by atoms with Gasteiger partial charge in [-0.1, -0.05) is 29.8 Å². The van der Waals surface area contributed by atoms with Crippen molar-refractivity contribution in [2.75, 3.05) is 11.9 Å². The topological polar surface area (TPSA) is 75.3 Å². The summed E-state index contributed by atoms with van der Waals surface area (Å²) >= 11 is 0. The van der Waals surface area contributed by atoms with Gasteiger partial charge in [0.05, 0.1) is 4.90 Å². The number of sulfonamides is 1. The highest BCUT2D eigenvalue weighted by molar-refractivity contribution is 7.89. The van der Waals surface area contributed by atoms with Crippen molar-refractivity contribution in [2.45, 2.75) is 37.5 Å². The smallest absolute Gasteiger partial charge is 0.240 e. The number of hydrogen-bond acceptors (Lipinski definition) is 3. The van der Waals surface area contributed by atoms with Crippen LogP contribution in [-0.4, -0.2) is 20.9 Å². The van der Waals surface area contributed by atoms with Gasteiger partial charge in [-0.3, -0.25) is 4.79 Å². The summed E-state index contributed by atoms with van der Waals surface area (Å²) in [5.74, 6) is -0.0226. The maximum atomic E-state index is 12.5. The maximum Gasteiger partial charge on any atom is 0.240 e. The second-order valence-corrected chi connectivity index (χ2v) is 8.12. The second kappa shape index (κ2) is 7.37. The van der Waals surface area contributed by atoms with Crippen LogP contribution in [0.15, 0.2) is 47.4 Å². The lowest BCUT2D eigenvalue weighted by Crippen LogP contribution is -2.26. The van der Waals surface area contributed by atoms with Gasteiger partial charge in [-0.15, -0.1) is 0 Å². The van der Waals surface area contributed by atoms with E-state index in [0.29, 0.717) is 31.5 Å². The number of benzene rings is 2. The van der Waals surface area contributed by atoms with E-state index in [-0.39, 0.29) is 10.8 Å².